The lowest BCUT2D eigenvalue weighted by Gasteiger charge is -2.30. The van der Waals surface area contributed by atoms with Crippen LogP contribution in [-0.4, -0.2) is 47.4 Å². The molecule has 1 fully saturated rings. The van der Waals surface area contributed by atoms with Crippen molar-refractivity contribution in [3.05, 3.63) is 0 Å². The summed E-state index contributed by atoms with van der Waals surface area (Å²) in [6, 6.07) is 0. The Morgan fingerprint density at radius 2 is 2.05 bits per heavy atom. The molecule has 2 amide bonds. The van der Waals surface area contributed by atoms with Crippen LogP contribution < -0.4 is 5.32 Å². The number of carboxylic acid groups (broad SMARTS) is 1. The van der Waals surface area contributed by atoms with Gasteiger partial charge in [0.1, 0.15) is 0 Å². The summed E-state index contributed by atoms with van der Waals surface area (Å²) in [6.45, 7) is 3.45. The van der Waals surface area contributed by atoms with Gasteiger partial charge in [0.15, 0.2) is 0 Å². The molecule has 1 aliphatic heterocycles. The van der Waals surface area contributed by atoms with Gasteiger partial charge in [0.25, 0.3) is 0 Å². The number of hydrogen-bond acceptors (Lipinski definition) is 3. The van der Waals surface area contributed by atoms with Crippen LogP contribution in [0, 0.1) is 5.92 Å². The van der Waals surface area contributed by atoms with Gasteiger partial charge in [-0.05, 0) is 19.3 Å². The Bertz CT molecular complexity index is 344. The van der Waals surface area contributed by atoms with Crippen LogP contribution >= 0.6 is 0 Å². The molecule has 108 valence electrons. The van der Waals surface area contributed by atoms with Gasteiger partial charge >= 0.3 is 5.97 Å². The number of carbonyl (C=O) groups excluding carboxylic acids is 2. The summed E-state index contributed by atoms with van der Waals surface area (Å²) in [7, 11) is 0. The van der Waals surface area contributed by atoms with Crippen molar-refractivity contribution in [2.45, 2.75) is 39.0 Å². The summed E-state index contributed by atoms with van der Waals surface area (Å²) < 4.78 is 0. The first-order valence-corrected chi connectivity index (χ1v) is 6.81. The summed E-state index contributed by atoms with van der Waals surface area (Å²) in [4.78, 5) is 35.8. The third kappa shape index (κ3) is 5.28. The standard InChI is InChI=1S/C13H22N2O4/c1-2-7-14-11(16)5-6-12(17)15-8-3-4-10(9-15)13(18)19/h10H,2-9H2,1H3,(H,14,16)(H,18,19)/t10-/m0/s1. The minimum atomic E-state index is -0.849. The molecule has 6 nitrogen and oxygen atoms in total. The maximum Gasteiger partial charge on any atom is 0.308 e. The Kier molecular flexibility index (Phi) is 6.32. The molecule has 1 atom stereocenters. The van der Waals surface area contributed by atoms with Crippen LogP contribution in [0.5, 0.6) is 0 Å². The second-order valence-electron chi connectivity index (χ2n) is 4.87. The monoisotopic (exact) mass is 270 g/mol. The second kappa shape index (κ2) is 7.76. The highest BCUT2D eigenvalue weighted by molar-refractivity contribution is 5.84. The van der Waals surface area contributed by atoms with Gasteiger partial charge in [0.2, 0.25) is 11.8 Å². The van der Waals surface area contributed by atoms with E-state index in [1.165, 1.54) is 0 Å². The van der Waals surface area contributed by atoms with Crippen molar-refractivity contribution in [1.29, 1.82) is 0 Å². The fraction of sp³-hybridized carbons (Fsp3) is 0.769. The number of hydrogen-bond donors (Lipinski definition) is 2. The van der Waals surface area contributed by atoms with Gasteiger partial charge in [-0.2, -0.15) is 0 Å². The molecule has 0 aromatic carbocycles. The van der Waals surface area contributed by atoms with Gasteiger partial charge in [-0.25, -0.2) is 0 Å². The molecule has 6 heteroatoms. The quantitative estimate of drug-likeness (QED) is 0.740. The van der Waals surface area contributed by atoms with Crippen molar-refractivity contribution in [3.8, 4) is 0 Å². The average Bonchev–Trinajstić information content (AvgIpc) is 2.42. The molecule has 2 N–H and O–H groups in total. The Balaban J connectivity index is 2.32. The molecule has 1 aliphatic rings. The topological polar surface area (TPSA) is 86.7 Å². The van der Waals surface area contributed by atoms with E-state index in [0.717, 1.165) is 6.42 Å². The fourth-order valence-corrected chi connectivity index (χ4v) is 2.14. The molecule has 0 spiro atoms. The lowest BCUT2D eigenvalue weighted by Crippen LogP contribution is -2.42. The van der Waals surface area contributed by atoms with Crippen LogP contribution in [0.2, 0.25) is 0 Å². The van der Waals surface area contributed by atoms with Crippen molar-refractivity contribution in [3.63, 3.8) is 0 Å². The van der Waals surface area contributed by atoms with Gasteiger partial charge in [-0.3, -0.25) is 14.4 Å². The normalized spacial score (nSPS) is 19.0. The number of rotatable bonds is 6. The van der Waals surface area contributed by atoms with Crippen molar-refractivity contribution >= 4 is 17.8 Å². The fourth-order valence-electron chi connectivity index (χ4n) is 2.14. The first kappa shape index (κ1) is 15.5. The van der Waals surface area contributed by atoms with Crippen LogP contribution in [0.1, 0.15) is 39.0 Å². The number of likely N-dealkylation sites (tertiary alicyclic amines) is 1. The molecule has 0 bridgehead atoms. The number of carboxylic acids is 1. The summed E-state index contributed by atoms with van der Waals surface area (Å²) in [6.07, 6.45) is 2.53. The first-order valence-electron chi connectivity index (χ1n) is 6.81. The lowest BCUT2D eigenvalue weighted by molar-refractivity contribution is -0.146. The van der Waals surface area contributed by atoms with E-state index in [0.29, 0.717) is 25.9 Å². The minimum absolute atomic E-state index is 0.123. The number of nitrogens with zero attached hydrogens (tertiary/aromatic N) is 1. The maximum atomic E-state index is 11.9. The third-order valence-corrected chi connectivity index (χ3v) is 3.26. The van der Waals surface area contributed by atoms with Gasteiger partial charge in [-0.1, -0.05) is 6.92 Å². The zero-order chi connectivity index (χ0) is 14.3. The van der Waals surface area contributed by atoms with Crippen molar-refractivity contribution in [2.75, 3.05) is 19.6 Å². The van der Waals surface area contributed by atoms with Crippen LogP contribution in [0.15, 0.2) is 0 Å². The maximum absolute atomic E-state index is 11.9. The zero-order valence-electron chi connectivity index (χ0n) is 11.4. The summed E-state index contributed by atoms with van der Waals surface area (Å²) in [5.41, 5.74) is 0. The second-order valence-corrected chi connectivity index (χ2v) is 4.87. The van der Waals surface area contributed by atoms with Crippen LogP contribution in [0.4, 0.5) is 0 Å². The molecule has 1 heterocycles. The Hall–Kier alpha value is -1.59. The van der Waals surface area contributed by atoms with E-state index in [1.807, 2.05) is 6.92 Å². The molecule has 1 saturated heterocycles. The van der Waals surface area contributed by atoms with Crippen molar-refractivity contribution in [2.24, 2.45) is 5.92 Å². The van der Waals surface area contributed by atoms with E-state index in [-0.39, 0.29) is 31.2 Å². The van der Waals surface area contributed by atoms with E-state index in [9.17, 15) is 14.4 Å². The van der Waals surface area contributed by atoms with Gasteiger partial charge in [0, 0.05) is 32.5 Å². The number of amides is 2. The highest BCUT2D eigenvalue weighted by Crippen LogP contribution is 2.17. The van der Waals surface area contributed by atoms with Gasteiger partial charge < -0.3 is 15.3 Å². The summed E-state index contributed by atoms with van der Waals surface area (Å²) in [5, 5.41) is 11.7. The molecular weight excluding hydrogens is 248 g/mol. The number of aliphatic carboxylic acids is 1. The molecule has 0 aromatic heterocycles. The van der Waals surface area contributed by atoms with E-state index in [4.69, 9.17) is 5.11 Å². The van der Waals surface area contributed by atoms with E-state index in [1.54, 1.807) is 4.90 Å². The first-order chi connectivity index (χ1) is 9.04. The highest BCUT2D eigenvalue weighted by atomic mass is 16.4. The van der Waals surface area contributed by atoms with Crippen LogP contribution in [0.25, 0.3) is 0 Å². The summed E-state index contributed by atoms with van der Waals surface area (Å²) in [5.74, 6) is -1.57. The average molecular weight is 270 g/mol. The van der Waals surface area contributed by atoms with E-state index >= 15 is 0 Å². The number of nitrogens with one attached hydrogen (secondary N) is 1. The molecule has 0 radical (unpaired) electrons. The Morgan fingerprint density at radius 3 is 2.68 bits per heavy atom. The van der Waals surface area contributed by atoms with Crippen LogP contribution in [-0.2, 0) is 14.4 Å². The van der Waals surface area contributed by atoms with Gasteiger partial charge in [-0.15, -0.1) is 0 Å². The molecule has 0 aliphatic carbocycles. The molecular formula is C13H22N2O4. The van der Waals surface area contributed by atoms with Crippen molar-refractivity contribution < 1.29 is 19.5 Å². The largest absolute Gasteiger partial charge is 0.481 e. The smallest absolute Gasteiger partial charge is 0.308 e. The minimum Gasteiger partial charge on any atom is -0.481 e. The predicted octanol–water partition coefficient (Wildman–Crippen LogP) is 0.616. The molecule has 19 heavy (non-hydrogen) atoms. The molecule has 0 unspecified atom stereocenters. The SMILES string of the molecule is CCCNC(=O)CCC(=O)N1CCC[C@H](C(=O)O)C1. The lowest BCUT2D eigenvalue weighted by atomic mass is 9.98. The van der Waals surface area contributed by atoms with Gasteiger partial charge in [0.05, 0.1) is 5.92 Å². The molecule has 1 rings (SSSR count). The van der Waals surface area contributed by atoms with E-state index < -0.39 is 11.9 Å². The van der Waals surface area contributed by atoms with Crippen LogP contribution in [0.3, 0.4) is 0 Å². The third-order valence-electron chi connectivity index (χ3n) is 3.26. The summed E-state index contributed by atoms with van der Waals surface area (Å²) >= 11 is 0. The highest BCUT2D eigenvalue weighted by Gasteiger charge is 2.27. The molecule has 0 saturated carbocycles. The van der Waals surface area contributed by atoms with Crippen molar-refractivity contribution in [1.82, 2.24) is 10.2 Å². The zero-order valence-corrected chi connectivity index (χ0v) is 11.4. The Labute approximate surface area is 113 Å². The van der Waals surface area contributed by atoms with E-state index in [2.05, 4.69) is 5.32 Å². The Morgan fingerprint density at radius 1 is 1.32 bits per heavy atom. The predicted molar refractivity (Wildman–Crippen MR) is 69.5 cm³/mol. The molecule has 0 aromatic rings. The number of piperidine rings is 1. The number of carbonyl (C=O) groups is 3.